The molecule has 1 unspecified atom stereocenters. The fourth-order valence-electron chi connectivity index (χ4n) is 2.41. The van der Waals surface area contributed by atoms with E-state index in [0.29, 0.717) is 0 Å². The summed E-state index contributed by atoms with van der Waals surface area (Å²) in [7, 11) is 0. The van der Waals surface area contributed by atoms with E-state index < -0.39 is 0 Å². The lowest BCUT2D eigenvalue weighted by atomic mass is 9.84. The quantitative estimate of drug-likeness (QED) is 0.742. The second kappa shape index (κ2) is 4.46. The molecule has 0 radical (unpaired) electrons. The molecule has 1 aliphatic rings. The fraction of sp³-hybridized carbons (Fsp3) is 0.923. The van der Waals surface area contributed by atoms with Crippen molar-refractivity contribution in [3.8, 4) is 0 Å². The third kappa shape index (κ3) is 3.29. The van der Waals surface area contributed by atoms with Crippen molar-refractivity contribution in [1.82, 2.24) is 0 Å². The topological polar surface area (TPSA) is 35.5 Å². The summed E-state index contributed by atoms with van der Waals surface area (Å²) in [6.45, 7) is 12.1. The summed E-state index contributed by atoms with van der Waals surface area (Å²) in [6, 6.07) is 0. The molecule has 0 aromatic carbocycles. The summed E-state index contributed by atoms with van der Waals surface area (Å²) >= 11 is 0. The number of carbonyl (C=O) groups is 1. The first-order valence-electron chi connectivity index (χ1n) is 5.98. The van der Waals surface area contributed by atoms with Gasteiger partial charge >= 0.3 is 0 Å². The highest BCUT2D eigenvalue weighted by Crippen LogP contribution is 2.42. The van der Waals surface area contributed by atoms with Crippen molar-refractivity contribution in [3.05, 3.63) is 0 Å². The van der Waals surface area contributed by atoms with Gasteiger partial charge in [-0.1, -0.05) is 0 Å². The third-order valence-corrected chi connectivity index (χ3v) is 3.02. The second-order valence-electron chi connectivity index (χ2n) is 6.05. The van der Waals surface area contributed by atoms with Gasteiger partial charge in [-0.3, -0.25) is 4.79 Å². The van der Waals surface area contributed by atoms with Gasteiger partial charge in [0.1, 0.15) is 6.61 Å². The lowest BCUT2D eigenvalue weighted by Crippen LogP contribution is -2.35. The van der Waals surface area contributed by atoms with Crippen molar-refractivity contribution in [2.24, 2.45) is 5.92 Å². The summed E-state index contributed by atoms with van der Waals surface area (Å²) in [5, 5.41) is 0. The molecular weight excluding hydrogens is 204 g/mol. The summed E-state index contributed by atoms with van der Waals surface area (Å²) in [5.74, 6) is 0.102. The van der Waals surface area contributed by atoms with Crippen LogP contribution in [0, 0.1) is 5.92 Å². The first-order valence-corrected chi connectivity index (χ1v) is 5.98. The lowest BCUT2D eigenvalue weighted by Gasteiger charge is -2.26. The van der Waals surface area contributed by atoms with E-state index in [1.807, 2.05) is 41.5 Å². The van der Waals surface area contributed by atoms with Gasteiger partial charge in [0, 0.05) is 0 Å². The van der Waals surface area contributed by atoms with Crippen LogP contribution in [0.4, 0.5) is 0 Å². The zero-order valence-electron chi connectivity index (χ0n) is 11.3. The van der Waals surface area contributed by atoms with Crippen LogP contribution in [-0.2, 0) is 14.3 Å². The lowest BCUT2D eigenvalue weighted by molar-refractivity contribution is -0.135. The van der Waals surface area contributed by atoms with Crippen LogP contribution in [0.15, 0.2) is 0 Å². The molecule has 0 amide bonds. The zero-order valence-corrected chi connectivity index (χ0v) is 11.3. The van der Waals surface area contributed by atoms with E-state index in [1.54, 1.807) is 0 Å². The SMILES string of the molecule is CC(C)OCC(=O)C1CC(C)(C)OC1(C)C. The van der Waals surface area contributed by atoms with Gasteiger partial charge in [0.2, 0.25) is 0 Å². The molecule has 0 aromatic heterocycles. The van der Waals surface area contributed by atoms with Crippen molar-refractivity contribution in [3.63, 3.8) is 0 Å². The van der Waals surface area contributed by atoms with Crippen LogP contribution < -0.4 is 0 Å². The maximum Gasteiger partial charge on any atom is 0.164 e. The molecule has 1 fully saturated rings. The maximum absolute atomic E-state index is 12.0. The molecule has 1 saturated heterocycles. The average Bonchev–Trinajstić information content (AvgIpc) is 2.30. The predicted molar refractivity (Wildman–Crippen MR) is 63.4 cm³/mol. The predicted octanol–water partition coefficient (Wildman–Crippen LogP) is 2.57. The molecule has 94 valence electrons. The van der Waals surface area contributed by atoms with Crippen molar-refractivity contribution in [2.75, 3.05) is 6.61 Å². The molecule has 3 nitrogen and oxygen atoms in total. The largest absolute Gasteiger partial charge is 0.371 e. The minimum atomic E-state index is -0.374. The van der Waals surface area contributed by atoms with E-state index in [1.165, 1.54) is 0 Å². The number of ketones is 1. The molecule has 0 spiro atoms. The number of hydrogen-bond acceptors (Lipinski definition) is 3. The Labute approximate surface area is 98.5 Å². The molecule has 0 aromatic rings. The molecule has 3 heteroatoms. The highest BCUT2D eigenvalue weighted by atomic mass is 16.5. The first-order chi connectivity index (χ1) is 7.14. The van der Waals surface area contributed by atoms with E-state index in [-0.39, 0.29) is 35.6 Å². The van der Waals surface area contributed by atoms with Gasteiger partial charge in [0.05, 0.1) is 23.2 Å². The van der Waals surface area contributed by atoms with Crippen LogP contribution >= 0.6 is 0 Å². The van der Waals surface area contributed by atoms with Crippen LogP contribution in [0.25, 0.3) is 0 Å². The van der Waals surface area contributed by atoms with Crippen molar-refractivity contribution < 1.29 is 14.3 Å². The van der Waals surface area contributed by atoms with Gasteiger partial charge in [-0.05, 0) is 48.0 Å². The normalized spacial score (nSPS) is 27.3. The Morgan fingerprint density at radius 1 is 1.38 bits per heavy atom. The molecule has 0 N–H and O–H groups in total. The summed E-state index contributed by atoms with van der Waals surface area (Å²) in [5.41, 5.74) is -0.581. The van der Waals surface area contributed by atoms with Crippen molar-refractivity contribution in [2.45, 2.75) is 65.3 Å². The highest BCUT2D eigenvalue weighted by molar-refractivity contribution is 5.83. The second-order valence-corrected chi connectivity index (χ2v) is 6.05. The van der Waals surface area contributed by atoms with Gasteiger partial charge in [0.25, 0.3) is 0 Å². The van der Waals surface area contributed by atoms with Gasteiger partial charge in [-0.25, -0.2) is 0 Å². The van der Waals surface area contributed by atoms with Crippen molar-refractivity contribution in [1.29, 1.82) is 0 Å². The molecule has 1 aliphatic heterocycles. The summed E-state index contributed by atoms with van der Waals surface area (Å²) in [6.07, 6.45) is 0.878. The number of hydrogen-bond donors (Lipinski definition) is 0. The van der Waals surface area contributed by atoms with E-state index in [2.05, 4.69) is 0 Å². The standard InChI is InChI=1S/C13H24O3/c1-9(2)15-8-11(14)10-7-12(3,4)16-13(10,5)6/h9-10H,7-8H2,1-6H3. The molecule has 1 atom stereocenters. The Hall–Kier alpha value is -0.410. The Bertz CT molecular complexity index is 266. The summed E-state index contributed by atoms with van der Waals surface area (Å²) < 4.78 is 11.3. The van der Waals surface area contributed by atoms with E-state index in [4.69, 9.17) is 9.47 Å². The number of ether oxygens (including phenoxy) is 2. The van der Waals surface area contributed by atoms with Gasteiger partial charge in [-0.15, -0.1) is 0 Å². The Kier molecular flexibility index (Phi) is 3.80. The minimum Gasteiger partial charge on any atom is -0.371 e. The zero-order chi connectivity index (χ0) is 12.6. The van der Waals surface area contributed by atoms with Crippen LogP contribution in [0.1, 0.15) is 48.0 Å². The first kappa shape index (κ1) is 13.7. The molecule has 1 rings (SSSR count). The summed E-state index contributed by atoms with van der Waals surface area (Å²) in [4.78, 5) is 12.0. The van der Waals surface area contributed by atoms with Gasteiger partial charge in [-0.2, -0.15) is 0 Å². The molecule has 0 aliphatic carbocycles. The number of Topliss-reactive ketones (excluding diaryl/α,β-unsaturated/α-hetero) is 1. The Balaban J connectivity index is 2.63. The smallest absolute Gasteiger partial charge is 0.164 e. The molecule has 0 bridgehead atoms. The monoisotopic (exact) mass is 228 g/mol. The highest BCUT2D eigenvalue weighted by Gasteiger charge is 2.48. The van der Waals surface area contributed by atoms with E-state index in [0.717, 1.165) is 6.42 Å². The van der Waals surface area contributed by atoms with Crippen LogP contribution in [0.3, 0.4) is 0 Å². The van der Waals surface area contributed by atoms with E-state index >= 15 is 0 Å². The van der Waals surface area contributed by atoms with Crippen LogP contribution in [0.5, 0.6) is 0 Å². The average molecular weight is 228 g/mol. The Morgan fingerprint density at radius 2 is 1.94 bits per heavy atom. The molecular formula is C13H24O3. The Morgan fingerprint density at radius 3 is 2.31 bits per heavy atom. The maximum atomic E-state index is 12.0. The van der Waals surface area contributed by atoms with Crippen LogP contribution in [-0.4, -0.2) is 29.7 Å². The molecule has 1 heterocycles. The number of carbonyl (C=O) groups excluding carboxylic acids is 1. The van der Waals surface area contributed by atoms with Crippen molar-refractivity contribution >= 4 is 5.78 Å². The number of rotatable bonds is 4. The van der Waals surface area contributed by atoms with Gasteiger partial charge < -0.3 is 9.47 Å². The molecule has 16 heavy (non-hydrogen) atoms. The van der Waals surface area contributed by atoms with Gasteiger partial charge in [0.15, 0.2) is 5.78 Å². The fourth-order valence-corrected chi connectivity index (χ4v) is 2.41. The van der Waals surface area contributed by atoms with Crippen LogP contribution in [0.2, 0.25) is 0 Å². The third-order valence-electron chi connectivity index (χ3n) is 3.02. The van der Waals surface area contributed by atoms with E-state index in [9.17, 15) is 4.79 Å². The minimum absolute atomic E-state index is 0.0544. The molecule has 0 saturated carbocycles.